The Morgan fingerprint density at radius 3 is 2.62 bits per heavy atom. The van der Waals surface area contributed by atoms with Gasteiger partial charge in [-0.25, -0.2) is 4.79 Å². The van der Waals surface area contributed by atoms with Crippen LogP contribution in [-0.4, -0.2) is 30.5 Å². The number of rotatable bonds is 9. The largest absolute Gasteiger partial charge is 0.494 e. The number of fused-ring (bicyclic) bond motifs is 1. The number of hydrogen-bond acceptors (Lipinski definition) is 4. The van der Waals surface area contributed by atoms with Crippen LogP contribution in [0.3, 0.4) is 0 Å². The lowest BCUT2D eigenvalue weighted by Crippen LogP contribution is -2.34. The molecule has 2 aromatic carbocycles. The van der Waals surface area contributed by atoms with Crippen molar-refractivity contribution >= 4 is 29.2 Å². The summed E-state index contributed by atoms with van der Waals surface area (Å²) < 4.78 is 5.75. The molecule has 0 aromatic heterocycles. The Bertz CT molecular complexity index is 957. The molecule has 0 aliphatic carbocycles. The smallest absolute Gasteiger partial charge is 0.319 e. The van der Waals surface area contributed by atoms with Gasteiger partial charge in [0.1, 0.15) is 5.75 Å². The van der Waals surface area contributed by atoms with E-state index in [1.807, 2.05) is 44.2 Å². The number of benzene rings is 2. The number of ether oxygens (including phenoxy) is 1. The van der Waals surface area contributed by atoms with Crippen molar-refractivity contribution in [3.63, 3.8) is 0 Å². The van der Waals surface area contributed by atoms with Crippen LogP contribution < -0.4 is 26.0 Å². The number of anilines is 2. The second kappa shape index (κ2) is 11.2. The van der Waals surface area contributed by atoms with E-state index >= 15 is 0 Å². The Morgan fingerprint density at radius 2 is 1.88 bits per heavy atom. The molecule has 4 N–H and O–H groups in total. The van der Waals surface area contributed by atoms with E-state index in [1.165, 1.54) is 0 Å². The van der Waals surface area contributed by atoms with Crippen LogP contribution in [0.2, 0.25) is 0 Å². The van der Waals surface area contributed by atoms with Gasteiger partial charge in [-0.3, -0.25) is 9.59 Å². The standard InChI is InChI=1S/C24H30N4O4/c1-16(2)26-24(31)27-19-8-5-17(6-9-19)15-25-22(29)4-3-13-32-20-10-11-21-18(14-20)7-12-23(30)28-21/h5-6,8-11,14,16H,3-4,7,12-13,15H2,1-2H3,(H,25,29)(H,28,30)(H2,26,27,31). The fourth-order valence-electron chi connectivity index (χ4n) is 3.30. The molecule has 0 fully saturated rings. The van der Waals surface area contributed by atoms with Crippen LogP contribution in [0, 0.1) is 0 Å². The second-order valence-corrected chi connectivity index (χ2v) is 8.05. The van der Waals surface area contributed by atoms with Crippen molar-refractivity contribution in [1.82, 2.24) is 10.6 Å². The van der Waals surface area contributed by atoms with E-state index in [9.17, 15) is 14.4 Å². The van der Waals surface area contributed by atoms with Crippen molar-refractivity contribution in [2.75, 3.05) is 17.2 Å². The lowest BCUT2D eigenvalue weighted by Gasteiger charge is -2.17. The minimum atomic E-state index is -0.245. The third-order valence-corrected chi connectivity index (χ3v) is 4.91. The van der Waals surface area contributed by atoms with Crippen molar-refractivity contribution in [2.45, 2.75) is 52.1 Å². The van der Waals surface area contributed by atoms with Crippen LogP contribution >= 0.6 is 0 Å². The van der Waals surface area contributed by atoms with Crippen molar-refractivity contribution in [1.29, 1.82) is 0 Å². The molecular formula is C24H30N4O4. The maximum absolute atomic E-state index is 12.1. The molecule has 1 heterocycles. The summed E-state index contributed by atoms with van der Waals surface area (Å²) >= 11 is 0. The number of nitrogens with one attached hydrogen (secondary N) is 4. The van der Waals surface area contributed by atoms with Gasteiger partial charge in [-0.2, -0.15) is 0 Å². The lowest BCUT2D eigenvalue weighted by molar-refractivity contribution is -0.121. The molecule has 0 atom stereocenters. The van der Waals surface area contributed by atoms with Gasteiger partial charge in [0.05, 0.1) is 6.61 Å². The van der Waals surface area contributed by atoms with Crippen molar-refractivity contribution in [3.05, 3.63) is 53.6 Å². The van der Waals surface area contributed by atoms with Crippen molar-refractivity contribution in [2.24, 2.45) is 0 Å². The Labute approximate surface area is 188 Å². The summed E-state index contributed by atoms with van der Waals surface area (Å²) in [5.41, 5.74) is 3.56. The average Bonchev–Trinajstić information content (AvgIpc) is 2.75. The molecule has 0 radical (unpaired) electrons. The number of aryl methyl sites for hydroxylation is 1. The minimum Gasteiger partial charge on any atom is -0.494 e. The van der Waals surface area contributed by atoms with Crippen LogP contribution in [0.5, 0.6) is 5.75 Å². The Hall–Kier alpha value is -3.55. The molecule has 3 rings (SSSR count). The molecule has 0 unspecified atom stereocenters. The maximum atomic E-state index is 12.1. The lowest BCUT2D eigenvalue weighted by atomic mass is 10.0. The molecule has 0 saturated heterocycles. The topological polar surface area (TPSA) is 109 Å². The van der Waals surface area contributed by atoms with E-state index in [0.717, 1.165) is 22.6 Å². The van der Waals surface area contributed by atoms with Crippen LogP contribution in [0.15, 0.2) is 42.5 Å². The van der Waals surface area contributed by atoms with Crippen LogP contribution in [-0.2, 0) is 22.6 Å². The van der Waals surface area contributed by atoms with E-state index in [2.05, 4.69) is 21.3 Å². The van der Waals surface area contributed by atoms with Gasteiger partial charge >= 0.3 is 6.03 Å². The Balaban J connectivity index is 1.33. The van der Waals surface area contributed by atoms with Crippen LogP contribution in [0.1, 0.15) is 44.2 Å². The highest BCUT2D eigenvalue weighted by Crippen LogP contribution is 2.26. The van der Waals surface area contributed by atoms with Gasteiger partial charge in [-0.15, -0.1) is 0 Å². The van der Waals surface area contributed by atoms with Crippen LogP contribution in [0.4, 0.5) is 16.2 Å². The molecular weight excluding hydrogens is 408 g/mol. The number of carbonyl (C=O) groups is 3. The molecule has 8 nitrogen and oxygen atoms in total. The molecule has 4 amide bonds. The van der Waals surface area contributed by atoms with E-state index < -0.39 is 0 Å². The summed E-state index contributed by atoms with van der Waals surface area (Å²) in [5, 5.41) is 11.3. The third-order valence-electron chi connectivity index (χ3n) is 4.91. The first kappa shape index (κ1) is 23.1. The number of amides is 4. The van der Waals surface area contributed by atoms with Crippen LogP contribution in [0.25, 0.3) is 0 Å². The quantitative estimate of drug-likeness (QED) is 0.449. The summed E-state index contributed by atoms with van der Waals surface area (Å²) in [6.45, 7) is 4.66. The highest BCUT2D eigenvalue weighted by atomic mass is 16.5. The van der Waals surface area contributed by atoms with Gasteiger partial charge in [0, 0.05) is 36.8 Å². The van der Waals surface area contributed by atoms with Gasteiger partial charge in [-0.05, 0) is 68.1 Å². The number of hydrogen-bond donors (Lipinski definition) is 4. The van der Waals surface area contributed by atoms with Gasteiger partial charge in [0.2, 0.25) is 11.8 Å². The summed E-state index contributed by atoms with van der Waals surface area (Å²) in [4.78, 5) is 35.2. The second-order valence-electron chi connectivity index (χ2n) is 8.05. The Kier molecular flexibility index (Phi) is 8.08. The first-order valence-electron chi connectivity index (χ1n) is 10.9. The zero-order valence-corrected chi connectivity index (χ0v) is 18.5. The normalized spacial score (nSPS) is 12.5. The van der Waals surface area contributed by atoms with Crippen molar-refractivity contribution < 1.29 is 19.1 Å². The Morgan fingerprint density at radius 1 is 1.09 bits per heavy atom. The fraction of sp³-hybridized carbons (Fsp3) is 0.375. The number of carbonyl (C=O) groups excluding carboxylic acids is 3. The minimum absolute atomic E-state index is 0.0406. The fourth-order valence-corrected chi connectivity index (χ4v) is 3.30. The molecule has 0 spiro atoms. The predicted octanol–water partition coefficient (Wildman–Crippen LogP) is 3.58. The molecule has 170 valence electrons. The van der Waals surface area contributed by atoms with Crippen molar-refractivity contribution in [3.8, 4) is 5.75 Å². The molecule has 2 aromatic rings. The SMILES string of the molecule is CC(C)NC(=O)Nc1ccc(CNC(=O)CCCOc2ccc3c(c2)CCC(=O)N3)cc1. The predicted molar refractivity (Wildman–Crippen MR) is 124 cm³/mol. The maximum Gasteiger partial charge on any atom is 0.319 e. The summed E-state index contributed by atoms with van der Waals surface area (Å²) in [6, 6.07) is 12.8. The monoisotopic (exact) mass is 438 g/mol. The molecule has 0 bridgehead atoms. The third kappa shape index (κ3) is 7.30. The molecule has 1 aliphatic heterocycles. The molecule has 0 saturated carbocycles. The summed E-state index contributed by atoms with van der Waals surface area (Å²) in [7, 11) is 0. The van der Waals surface area contributed by atoms with E-state index in [4.69, 9.17) is 4.74 Å². The van der Waals surface area contributed by atoms with Gasteiger partial charge in [-0.1, -0.05) is 12.1 Å². The zero-order valence-electron chi connectivity index (χ0n) is 18.5. The van der Waals surface area contributed by atoms with E-state index in [1.54, 1.807) is 12.1 Å². The van der Waals surface area contributed by atoms with Gasteiger partial charge in [0.15, 0.2) is 0 Å². The van der Waals surface area contributed by atoms with E-state index in [0.29, 0.717) is 44.5 Å². The van der Waals surface area contributed by atoms with Gasteiger partial charge in [0.25, 0.3) is 0 Å². The summed E-state index contributed by atoms with van der Waals surface area (Å²) in [6.07, 6.45) is 2.18. The summed E-state index contributed by atoms with van der Waals surface area (Å²) in [5.74, 6) is 0.746. The first-order valence-corrected chi connectivity index (χ1v) is 10.9. The van der Waals surface area contributed by atoms with E-state index in [-0.39, 0.29) is 23.9 Å². The highest BCUT2D eigenvalue weighted by molar-refractivity contribution is 5.94. The molecule has 32 heavy (non-hydrogen) atoms. The molecule has 1 aliphatic rings. The average molecular weight is 439 g/mol. The molecule has 8 heteroatoms. The number of urea groups is 1. The highest BCUT2D eigenvalue weighted by Gasteiger charge is 2.15. The van der Waals surface area contributed by atoms with Gasteiger partial charge < -0.3 is 26.0 Å². The zero-order chi connectivity index (χ0) is 22.9. The first-order chi connectivity index (χ1) is 15.4.